The van der Waals surface area contributed by atoms with Crippen LogP contribution in [0, 0.1) is 0 Å². The molecule has 3 atom stereocenters. The largest absolute Gasteiger partial charge is 0.479 e. The third-order valence-corrected chi connectivity index (χ3v) is 3.23. The summed E-state index contributed by atoms with van der Waals surface area (Å²) in [5.74, 6) is -1.27. The second-order valence-electron chi connectivity index (χ2n) is 3.52. The van der Waals surface area contributed by atoms with Gasteiger partial charge in [-0.05, 0) is 13.8 Å². The zero-order chi connectivity index (χ0) is 11.4. The predicted octanol–water partition coefficient (Wildman–Crippen LogP) is -0.821. The van der Waals surface area contributed by atoms with Gasteiger partial charge in [-0.25, -0.2) is 4.79 Å². The van der Waals surface area contributed by atoms with Gasteiger partial charge in [0.25, 0.3) is 0 Å². The summed E-state index contributed by atoms with van der Waals surface area (Å²) in [4.78, 5) is 10.5. The maximum absolute atomic E-state index is 10.9. The smallest absolute Gasteiger partial charge is 0.336 e. The van der Waals surface area contributed by atoms with Crippen molar-refractivity contribution >= 4 is 16.8 Å². The lowest BCUT2D eigenvalue weighted by Gasteiger charge is -2.19. The molecule has 0 fully saturated rings. The van der Waals surface area contributed by atoms with Gasteiger partial charge in [-0.2, -0.15) is 0 Å². The molecule has 84 valence electrons. The van der Waals surface area contributed by atoms with Crippen LogP contribution >= 0.6 is 0 Å². The van der Waals surface area contributed by atoms with Gasteiger partial charge in [0.1, 0.15) is 0 Å². The van der Waals surface area contributed by atoms with E-state index < -0.39 is 22.4 Å². The van der Waals surface area contributed by atoms with Gasteiger partial charge in [0, 0.05) is 35.4 Å². The van der Waals surface area contributed by atoms with E-state index in [-0.39, 0.29) is 11.8 Å². The molecule has 0 saturated carbocycles. The van der Waals surface area contributed by atoms with Gasteiger partial charge in [0.05, 0.1) is 0 Å². The fraction of sp³-hybridized carbons (Fsp3) is 0.875. The van der Waals surface area contributed by atoms with E-state index in [9.17, 15) is 14.1 Å². The van der Waals surface area contributed by atoms with Crippen LogP contribution in [0.15, 0.2) is 0 Å². The van der Waals surface area contributed by atoms with Crippen molar-refractivity contribution in [3.8, 4) is 0 Å². The fourth-order valence-corrected chi connectivity index (χ4v) is 1.06. The lowest BCUT2D eigenvalue weighted by atomic mass is 10.1. The van der Waals surface area contributed by atoms with E-state index in [1.807, 2.05) is 0 Å². The standard InChI is InChI=1S/C8H17NO4S/c1-6(14(3)13)4-9-5-8(2,12)7(10)11/h6,9,12H,4-5H2,1-3H3,(H,10,11). The van der Waals surface area contributed by atoms with E-state index in [1.54, 1.807) is 13.2 Å². The minimum Gasteiger partial charge on any atom is -0.479 e. The molecule has 0 bridgehead atoms. The molecule has 5 nitrogen and oxygen atoms in total. The van der Waals surface area contributed by atoms with Gasteiger partial charge in [0.15, 0.2) is 5.60 Å². The van der Waals surface area contributed by atoms with Crippen LogP contribution in [-0.4, -0.2) is 50.6 Å². The highest BCUT2D eigenvalue weighted by Gasteiger charge is 2.29. The van der Waals surface area contributed by atoms with Crippen molar-refractivity contribution in [2.75, 3.05) is 19.3 Å². The Hall–Kier alpha value is -0.460. The minimum absolute atomic E-state index is 0.0517. The van der Waals surface area contributed by atoms with E-state index in [0.717, 1.165) is 0 Å². The molecule has 0 aromatic rings. The van der Waals surface area contributed by atoms with Gasteiger partial charge in [-0.1, -0.05) is 0 Å². The van der Waals surface area contributed by atoms with Gasteiger partial charge >= 0.3 is 5.97 Å². The Morgan fingerprint density at radius 2 is 2.14 bits per heavy atom. The summed E-state index contributed by atoms with van der Waals surface area (Å²) < 4.78 is 10.9. The molecular weight excluding hydrogens is 206 g/mol. The summed E-state index contributed by atoms with van der Waals surface area (Å²) in [6.07, 6.45) is 1.59. The number of carboxylic acid groups (broad SMARTS) is 1. The zero-order valence-electron chi connectivity index (χ0n) is 8.61. The monoisotopic (exact) mass is 223 g/mol. The SMILES string of the molecule is CC(CNCC(C)(O)C(=O)O)S(C)=O. The quantitative estimate of drug-likeness (QED) is 0.547. The molecule has 0 amide bonds. The van der Waals surface area contributed by atoms with Crippen LogP contribution in [0.25, 0.3) is 0 Å². The number of carboxylic acids is 1. The number of hydrogen-bond acceptors (Lipinski definition) is 4. The zero-order valence-corrected chi connectivity index (χ0v) is 9.43. The van der Waals surface area contributed by atoms with Gasteiger partial charge < -0.3 is 15.5 Å². The molecule has 0 heterocycles. The topological polar surface area (TPSA) is 86.6 Å². The average molecular weight is 223 g/mol. The second kappa shape index (κ2) is 5.43. The van der Waals surface area contributed by atoms with Crippen molar-refractivity contribution in [1.82, 2.24) is 5.32 Å². The average Bonchev–Trinajstić information content (AvgIpc) is 2.03. The first-order valence-corrected chi connectivity index (χ1v) is 5.88. The molecule has 0 saturated heterocycles. The number of hydrogen-bond donors (Lipinski definition) is 3. The molecule has 3 unspecified atom stereocenters. The molecule has 0 aromatic heterocycles. The summed E-state index contributed by atoms with van der Waals surface area (Å²) in [6, 6.07) is 0. The molecular formula is C8H17NO4S. The third kappa shape index (κ3) is 4.69. The first-order valence-electron chi connectivity index (χ1n) is 4.26. The van der Waals surface area contributed by atoms with Crippen LogP contribution in [-0.2, 0) is 15.6 Å². The van der Waals surface area contributed by atoms with Crippen LogP contribution in [0.4, 0.5) is 0 Å². The van der Waals surface area contributed by atoms with Crippen LogP contribution in [0.1, 0.15) is 13.8 Å². The molecule has 6 heteroatoms. The molecule has 0 aromatic carbocycles. The van der Waals surface area contributed by atoms with Crippen LogP contribution in [0.5, 0.6) is 0 Å². The van der Waals surface area contributed by atoms with Gasteiger partial charge in [-0.3, -0.25) is 4.21 Å². The number of carbonyl (C=O) groups is 1. The van der Waals surface area contributed by atoms with E-state index in [4.69, 9.17) is 5.11 Å². The lowest BCUT2D eigenvalue weighted by molar-refractivity contribution is -0.156. The van der Waals surface area contributed by atoms with E-state index in [1.165, 1.54) is 6.92 Å². The maximum atomic E-state index is 10.9. The molecule has 0 aliphatic carbocycles. The Morgan fingerprint density at radius 3 is 2.50 bits per heavy atom. The summed E-state index contributed by atoms with van der Waals surface area (Å²) in [6.45, 7) is 3.38. The van der Waals surface area contributed by atoms with Crippen molar-refractivity contribution in [1.29, 1.82) is 0 Å². The minimum atomic E-state index is -1.77. The normalized spacial score (nSPS) is 19.7. The van der Waals surface area contributed by atoms with Crippen molar-refractivity contribution in [2.45, 2.75) is 24.7 Å². The highest BCUT2D eigenvalue weighted by molar-refractivity contribution is 7.84. The first-order chi connectivity index (χ1) is 6.27. The van der Waals surface area contributed by atoms with Crippen LogP contribution in [0.3, 0.4) is 0 Å². The van der Waals surface area contributed by atoms with Crippen molar-refractivity contribution in [3.63, 3.8) is 0 Å². The first kappa shape index (κ1) is 13.5. The molecule has 0 rings (SSSR count). The van der Waals surface area contributed by atoms with Crippen molar-refractivity contribution in [3.05, 3.63) is 0 Å². The Balaban J connectivity index is 3.85. The highest BCUT2D eigenvalue weighted by Crippen LogP contribution is 2.01. The van der Waals surface area contributed by atoms with E-state index in [0.29, 0.717) is 6.54 Å². The predicted molar refractivity (Wildman–Crippen MR) is 54.7 cm³/mol. The fourth-order valence-electron chi connectivity index (χ4n) is 0.712. The Morgan fingerprint density at radius 1 is 1.64 bits per heavy atom. The number of aliphatic carboxylic acids is 1. The summed E-state index contributed by atoms with van der Waals surface area (Å²) in [7, 11) is -0.941. The lowest BCUT2D eigenvalue weighted by Crippen LogP contribution is -2.46. The number of rotatable bonds is 6. The number of nitrogens with one attached hydrogen (secondary N) is 1. The summed E-state index contributed by atoms with van der Waals surface area (Å²) in [5.41, 5.74) is -1.77. The summed E-state index contributed by atoms with van der Waals surface area (Å²) in [5, 5.41) is 20.6. The van der Waals surface area contributed by atoms with Crippen molar-refractivity contribution in [2.24, 2.45) is 0 Å². The Bertz CT molecular complexity index is 229. The number of aliphatic hydroxyl groups is 1. The maximum Gasteiger partial charge on any atom is 0.336 e. The molecule has 0 radical (unpaired) electrons. The van der Waals surface area contributed by atoms with Crippen LogP contribution in [0.2, 0.25) is 0 Å². The van der Waals surface area contributed by atoms with E-state index >= 15 is 0 Å². The molecule has 14 heavy (non-hydrogen) atoms. The van der Waals surface area contributed by atoms with Gasteiger partial charge in [0.2, 0.25) is 0 Å². The van der Waals surface area contributed by atoms with E-state index in [2.05, 4.69) is 5.32 Å². The van der Waals surface area contributed by atoms with Crippen molar-refractivity contribution < 1.29 is 19.2 Å². The molecule has 0 spiro atoms. The summed E-state index contributed by atoms with van der Waals surface area (Å²) >= 11 is 0. The highest BCUT2D eigenvalue weighted by atomic mass is 32.2. The Kier molecular flexibility index (Phi) is 5.25. The Labute approximate surface area is 86.0 Å². The molecule has 0 aliphatic heterocycles. The third-order valence-electron chi connectivity index (χ3n) is 1.93. The molecule has 0 aliphatic rings. The molecule has 3 N–H and O–H groups in total. The van der Waals surface area contributed by atoms with Gasteiger partial charge in [-0.15, -0.1) is 0 Å². The van der Waals surface area contributed by atoms with Crippen LogP contribution < -0.4 is 5.32 Å². The second-order valence-corrected chi connectivity index (χ2v) is 5.32.